The van der Waals surface area contributed by atoms with E-state index in [-0.39, 0.29) is 18.1 Å². The Hall–Kier alpha value is -2.74. The summed E-state index contributed by atoms with van der Waals surface area (Å²) in [6.07, 6.45) is 3.66. The van der Waals surface area contributed by atoms with Crippen LogP contribution < -0.4 is 11.0 Å². The van der Waals surface area contributed by atoms with Crippen LogP contribution in [-0.4, -0.2) is 25.2 Å². The van der Waals surface area contributed by atoms with Crippen molar-refractivity contribution in [2.24, 2.45) is 0 Å². The molecule has 4 rings (SSSR count). The van der Waals surface area contributed by atoms with Gasteiger partial charge in [0.05, 0.1) is 5.69 Å². The lowest BCUT2D eigenvalue weighted by Crippen LogP contribution is -2.29. The van der Waals surface area contributed by atoms with Gasteiger partial charge < -0.3 is 5.32 Å². The molecule has 1 amide bonds. The van der Waals surface area contributed by atoms with Crippen LogP contribution in [0, 0.1) is 0 Å². The molecule has 24 heavy (non-hydrogen) atoms. The number of aromatic nitrogens is 4. The Morgan fingerprint density at radius 1 is 1.29 bits per heavy atom. The summed E-state index contributed by atoms with van der Waals surface area (Å²) in [5.74, 6) is 0.710. The van der Waals surface area contributed by atoms with Crippen molar-refractivity contribution in [2.45, 2.75) is 25.3 Å². The number of nitrogens with zero attached hydrogens (tertiary/aromatic N) is 4. The molecular weight excluding hydrogens is 326 g/mol. The van der Waals surface area contributed by atoms with Crippen LogP contribution in [0.15, 0.2) is 46.7 Å². The fourth-order valence-corrected chi connectivity index (χ4v) is 3.08. The van der Waals surface area contributed by atoms with Crippen molar-refractivity contribution < 1.29 is 4.79 Å². The number of hydrogen-bond acceptors (Lipinski definition) is 5. The lowest BCUT2D eigenvalue weighted by Gasteiger charge is -2.03. The van der Waals surface area contributed by atoms with Gasteiger partial charge in [0.2, 0.25) is 5.91 Å². The molecule has 8 heteroatoms. The van der Waals surface area contributed by atoms with Crippen LogP contribution in [0.1, 0.15) is 24.6 Å². The molecule has 2 aromatic heterocycles. The number of hydrogen-bond donors (Lipinski definition) is 1. The molecule has 1 aromatic carbocycles. The van der Waals surface area contributed by atoms with Crippen LogP contribution in [0.25, 0.3) is 5.69 Å². The van der Waals surface area contributed by atoms with E-state index < -0.39 is 0 Å². The quantitative estimate of drug-likeness (QED) is 0.769. The molecule has 1 aliphatic carbocycles. The Morgan fingerprint density at radius 2 is 2.08 bits per heavy atom. The monoisotopic (exact) mass is 341 g/mol. The Kier molecular flexibility index (Phi) is 3.73. The Bertz CT molecular complexity index is 910. The highest BCUT2D eigenvalue weighted by Gasteiger charge is 2.31. The summed E-state index contributed by atoms with van der Waals surface area (Å²) in [6.45, 7) is -0.127. The van der Waals surface area contributed by atoms with Gasteiger partial charge in [-0.3, -0.25) is 4.79 Å². The minimum absolute atomic E-state index is 0.127. The van der Waals surface area contributed by atoms with Gasteiger partial charge in [0.15, 0.2) is 5.13 Å². The number of rotatable bonds is 5. The van der Waals surface area contributed by atoms with E-state index in [2.05, 4.69) is 15.4 Å². The lowest BCUT2D eigenvalue weighted by atomic mass is 10.3. The number of benzene rings is 1. The summed E-state index contributed by atoms with van der Waals surface area (Å²) in [5, 5.41) is 9.36. The van der Waals surface area contributed by atoms with Gasteiger partial charge in [-0.1, -0.05) is 18.2 Å². The molecule has 3 aromatic rings. The van der Waals surface area contributed by atoms with E-state index in [4.69, 9.17) is 0 Å². The minimum Gasteiger partial charge on any atom is -0.300 e. The van der Waals surface area contributed by atoms with E-state index in [1.165, 1.54) is 16.0 Å². The standard InChI is InChI=1S/C16H15N5O2S/c22-13(18-15-17-8-9-24-15)10-20-16(23)21(12-4-2-1-3-5-12)14(19-20)11-6-7-11/h1-5,8-9,11H,6-7,10H2,(H,17,18,22). The van der Waals surface area contributed by atoms with Gasteiger partial charge in [0.25, 0.3) is 0 Å². The maximum absolute atomic E-state index is 12.7. The normalized spacial score (nSPS) is 13.8. The first-order valence-electron chi connectivity index (χ1n) is 7.67. The zero-order valence-corrected chi connectivity index (χ0v) is 13.6. The van der Waals surface area contributed by atoms with E-state index >= 15 is 0 Å². The van der Waals surface area contributed by atoms with Crippen molar-refractivity contribution >= 4 is 22.4 Å². The molecule has 2 heterocycles. The smallest absolute Gasteiger partial charge is 0.300 e. The largest absolute Gasteiger partial charge is 0.351 e. The van der Waals surface area contributed by atoms with Crippen LogP contribution in [0.3, 0.4) is 0 Å². The molecule has 0 aliphatic heterocycles. The molecule has 0 radical (unpaired) electrons. The Labute approximate surface area is 141 Å². The molecule has 1 aliphatic rings. The van der Waals surface area contributed by atoms with Gasteiger partial charge in [0.1, 0.15) is 12.4 Å². The molecule has 0 saturated heterocycles. The van der Waals surface area contributed by atoms with Crippen LogP contribution in [0.4, 0.5) is 5.13 Å². The molecule has 0 atom stereocenters. The molecule has 1 N–H and O–H groups in total. The highest BCUT2D eigenvalue weighted by molar-refractivity contribution is 7.13. The number of carbonyl (C=O) groups is 1. The predicted molar refractivity (Wildman–Crippen MR) is 90.5 cm³/mol. The maximum atomic E-state index is 12.7. The molecule has 122 valence electrons. The number of anilines is 1. The highest BCUT2D eigenvalue weighted by atomic mass is 32.1. The van der Waals surface area contributed by atoms with Gasteiger partial charge in [-0.25, -0.2) is 19.0 Å². The summed E-state index contributed by atoms with van der Waals surface area (Å²) in [7, 11) is 0. The molecule has 0 unspecified atom stereocenters. The van der Waals surface area contributed by atoms with Crippen molar-refractivity contribution in [3.63, 3.8) is 0 Å². The first-order valence-corrected chi connectivity index (χ1v) is 8.55. The number of amides is 1. The van der Waals surface area contributed by atoms with Crippen LogP contribution in [0.5, 0.6) is 0 Å². The molecule has 0 bridgehead atoms. The topological polar surface area (TPSA) is 81.8 Å². The zero-order valence-electron chi connectivity index (χ0n) is 12.8. The van der Waals surface area contributed by atoms with Gasteiger partial charge >= 0.3 is 5.69 Å². The van der Waals surface area contributed by atoms with E-state index in [0.29, 0.717) is 11.0 Å². The van der Waals surface area contributed by atoms with Crippen LogP contribution >= 0.6 is 11.3 Å². The molecule has 1 saturated carbocycles. The van der Waals surface area contributed by atoms with Gasteiger partial charge in [-0.2, -0.15) is 5.10 Å². The fraction of sp³-hybridized carbons (Fsp3) is 0.250. The fourth-order valence-electron chi connectivity index (χ4n) is 2.53. The summed E-state index contributed by atoms with van der Waals surface area (Å²) in [6, 6.07) is 9.40. The number of nitrogens with one attached hydrogen (secondary N) is 1. The van der Waals surface area contributed by atoms with E-state index in [9.17, 15) is 9.59 Å². The average molecular weight is 341 g/mol. The first-order chi connectivity index (χ1) is 11.7. The molecule has 7 nitrogen and oxygen atoms in total. The van der Waals surface area contributed by atoms with Crippen LogP contribution in [0.2, 0.25) is 0 Å². The number of carbonyl (C=O) groups excluding carboxylic acids is 1. The second kappa shape index (κ2) is 6.04. The SMILES string of the molecule is O=C(Cn1nc(C2CC2)n(-c2ccccc2)c1=O)Nc1nccs1. The van der Waals surface area contributed by atoms with Gasteiger partial charge in [0, 0.05) is 17.5 Å². The van der Waals surface area contributed by atoms with Gasteiger partial charge in [-0.15, -0.1) is 11.3 Å². The summed E-state index contributed by atoms with van der Waals surface area (Å²) in [5.41, 5.74) is 0.480. The second-order valence-electron chi connectivity index (χ2n) is 5.63. The second-order valence-corrected chi connectivity index (χ2v) is 6.52. The van der Waals surface area contributed by atoms with E-state index in [1.807, 2.05) is 30.3 Å². The third-order valence-corrected chi connectivity index (χ3v) is 4.48. The minimum atomic E-state index is -0.313. The van der Waals surface area contributed by atoms with E-state index in [1.54, 1.807) is 16.1 Å². The van der Waals surface area contributed by atoms with Crippen molar-refractivity contribution in [1.82, 2.24) is 19.3 Å². The van der Waals surface area contributed by atoms with Crippen LogP contribution in [-0.2, 0) is 11.3 Å². The third kappa shape index (κ3) is 2.88. The number of thiazole rings is 1. The van der Waals surface area contributed by atoms with Crippen molar-refractivity contribution in [3.8, 4) is 5.69 Å². The van der Waals surface area contributed by atoms with Crippen molar-refractivity contribution in [1.29, 1.82) is 0 Å². The first kappa shape index (κ1) is 14.8. The van der Waals surface area contributed by atoms with Gasteiger partial charge in [-0.05, 0) is 25.0 Å². The summed E-state index contributed by atoms with van der Waals surface area (Å²) in [4.78, 5) is 28.9. The highest BCUT2D eigenvalue weighted by Crippen LogP contribution is 2.39. The maximum Gasteiger partial charge on any atom is 0.351 e. The Morgan fingerprint density at radius 3 is 2.75 bits per heavy atom. The molecule has 1 fully saturated rings. The summed E-state index contributed by atoms with van der Waals surface area (Å²) < 4.78 is 2.83. The lowest BCUT2D eigenvalue weighted by molar-refractivity contribution is -0.117. The third-order valence-electron chi connectivity index (χ3n) is 3.79. The summed E-state index contributed by atoms with van der Waals surface area (Å²) >= 11 is 1.33. The molecule has 0 spiro atoms. The zero-order chi connectivity index (χ0) is 16.5. The average Bonchev–Trinajstić information content (AvgIpc) is 3.22. The number of para-hydroxylation sites is 1. The Balaban J connectivity index is 1.64. The molecular formula is C16H15N5O2S. The van der Waals surface area contributed by atoms with Crippen molar-refractivity contribution in [3.05, 3.63) is 58.2 Å². The van der Waals surface area contributed by atoms with E-state index in [0.717, 1.165) is 24.4 Å². The van der Waals surface area contributed by atoms with Crippen molar-refractivity contribution in [2.75, 3.05) is 5.32 Å². The predicted octanol–water partition coefficient (Wildman–Crippen LogP) is 2.01.